The van der Waals surface area contributed by atoms with Gasteiger partial charge in [0, 0.05) is 31.4 Å². The van der Waals surface area contributed by atoms with Crippen molar-refractivity contribution in [3.05, 3.63) is 71.0 Å². The van der Waals surface area contributed by atoms with Gasteiger partial charge in [-0.05, 0) is 44.3 Å². The number of nitrogens with zero attached hydrogens (tertiary/aromatic N) is 4. The van der Waals surface area contributed by atoms with Crippen LogP contribution in [0.15, 0.2) is 54.9 Å². The van der Waals surface area contributed by atoms with Gasteiger partial charge < -0.3 is 9.80 Å². The third-order valence-corrected chi connectivity index (χ3v) is 5.97. The molecule has 0 fully saturated rings. The molecule has 4 rings (SSSR count). The fourth-order valence-electron chi connectivity index (χ4n) is 3.34. The molecule has 1 N–H and O–H groups in total. The zero-order chi connectivity index (χ0) is 21.1. The molecule has 0 saturated carbocycles. The zero-order valence-electron chi connectivity index (χ0n) is 17.4. The van der Waals surface area contributed by atoms with E-state index in [4.69, 9.17) is 0 Å². The summed E-state index contributed by atoms with van der Waals surface area (Å²) in [6.07, 6.45) is 3.65. The molecule has 0 unspecified atom stereocenters. The lowest BCUT2D eigenvalue weighted by molar-refractivity contribution is 0.0732. The summed E-state index contributed by atoms with van der Waals surface area (Å²) in [6, 6.07) is 14.4. The third kappa shape index (κ3) is 4.58. The molecule has 6 nitrogen and oxygen atoms in total. The first-order valence-electron chi connectivity index (χ1n) is 9.89. The van der Waals surface area contributed by atoms with Gasteiger partial charge in [0.15, 0.2) is 5.01 Å². The fourth-order valence-corrected chi connectivity index (χ4v) is 4.32. The first-order chi connectivity index (χ1) is 14.5. The molecular weight excluding hydrogens is 394 g/mol. The normalized spacial score (nSPS) is 11.3. The molecule has 0 spiro atoms. The first-order valence-corrected chi connectivity index (χ1v) is 10.7. The van der Waals surface area contributed by atoms with Gasteiger partial charge in [-0.1, -0.05) is 35.9 Å². The predicted octanol–water partition coefficient (Wildman–Crippen LogP) is 4.20. The molecule has 2 aromatic heterocycles. The molecule has 0 aliphatic carbocycles. The standard InChI is InChI=1S/C23H25N5OS/c1-16-5-4-6-17(11-16)15-28(10-9-27(2)3)23(29)22-26-20-8-7-18(12-21(20)30-22)19-13-24-25-14-19/h4-8,11-14H,9-10,15H2,1-3H3,(H,24,25). The number of thiazole rings is 1. The van der Waals surface area contributed by atoms with Gasteiger partial charge in [-0.15, -0.1) is 11.3 Å². The highest BCUT2D eigenvalue weighted by atomic mass is 32.1. The highest BCUT2D eigenvalue weighted by molar-refractivity contribution is 7.20. The van der Waals surface area contributed by atoms with Crippen LogP contribution < -0.4 is 0 Å². The Kier molecular flexibility index (Phi) is 5.92. The summed E-state index contributed by atoms with van der Waals surface area (Å²) >= 11 is 1.45. The molecule has 2 aromatic carbocycles. The molecule has 2 heterocycles. The van der Waals surface area contributed by atoms with E-state index in [1.54, 1.807) is 6.20 Å². The van der Waals surface area contributed by atoms with Crippen molar-refractivity contribution in [3.63, 3.8) is 0 Å². The largest absolute Gasteiger partial charge is 0.331 e. The van der Waals surface area contributed by atoms with Gasteiger partial charge in [0.05, 0.1) is 16.4 Å². The number of carbonyl (C=O) groups is 1. The summed E-state index contributed by atoms with van der Waals surface area (Å²) in [6.45, 7) is 4.09. The second kappa shape index (κ2) is 8.77. The van der Waals surface area contributed by atoms with Crippen molar-refractivity contribution in [2.75, 3.05) is 27.2 Å². The van der Waals surface area contributed by atoms with E-state index in [1.165, 1.54) is 16.9 Å². The zero-order valence-corrected chi connectivity index (χ0v) is 18.2. The SMILES string of the molecule is Cc1cccc(CN(CCN(C)C)C(=O)c2nc3ccc(-c4cn[nH]c4)cc3s2)c1. The van der Waals surface area contributed by atoms with Crippen LogP contribution >= 0.6 is 11.3 Å². The minimum absolute atomic E-state index is 0.0237. The monoisotopic (exact) mass is 419 g/mol. The summed E-state index contributed by atoms with van der Waals surface area (Å²) in [5, 5.41) is 7.38. The van der Waals surface area contributed by atoms with Gasteiger partial charge in [-0.25, -0.2) is 4.98 Å². The van der Waals surface area contributed by atoms with Gasteiger partial charge in [0.2, 0.25) is 0 Å². The summed E-state index contributed by atoms with van der Waals surface area (Å²) in [7, 11) is 4.04. The van der Waals surface area contributed by atoms with E-state index in [-0.39, 0.29) is 5.91 Å². The van der Waals surface area contributed by atoms with Crippen LogP contribution in [0.25, 0.3) is 21.3 Å². The molecule has 1 amide bonds. The number of benzene rings is 2. The molecule has 0 aliphatic heterocycles. The molecule has 0 atom stereocenters. The van der Waals surface area contributed by atoms with E-state index < -0.39 is 0 Å². The minimum Gasteiger partial charge on any atom is -0.331 e. The van der Waals surface area contributed by atoms with Gasteiger partial charge in [-0.2, -0.15) is 5.10 Å². The lowest BCUT2D eigenvalue weighted by Gasteiger charge is -2.24. The Morgan fingerprint density at radius 1 is 1.10 bits per heavy atom. The number of H-pyrrole nitrogens is 1. The predicted molar refractivity (Wildman–Crippen MR) is 122 cm³/mol. The number of hydrogen-bond donors (Lipinski definition) is 1. The van der Waals surface area contributed by atoms with Crippen molar-refractivity contribution < 1.29 is 4.79 Å². The summed E-state index contributed by atoms with van der Waals surface area (Å²) in [5.41, 5.74) is 5.25. The summed E-state index contributed by atoms with van der Waals surface area (Å²) < 4.78 is 1.00. The van der Waals surface area contributed by atoms with Crippen LogP contribution in [-0.4, -0.2) is 58.1 Å². The van der Waals surface area contributed by atoms with Crippen molar-refractivity contribution >= 4 is 27.5 Å². The fraction of sp³-hybridized carbons (Fsp3) is 0.261. The number of aryl methyl sites for hydroxylation is 1. The molecule has 0 radical (unpaired) electrons. The van der Waals surface area contributed by atoms with Gasteiger partial charge in [0.1, 0.15) is 0 Å². The van der Waals surface area contributed by atoms with E-state index in [0.717, 1.165) is 33.5 Å². The summed E-state index contributed by atoms with van der Waals surface area (Å²) in [5.74, 6) is -0.0237. The average molecular weight is 420 g/mol. The maximum Gasteiger partial charge on any atom is 0.283 e. The molecular formula is C23H25N5OS. The van der Waals surface area contributed by atoms with Crippen LogP contribution in [0.5, 0.6) is 0 Å². The van der Waals surface area contributed by atoms with Crippen LogP contribution in [0.2, 0.25) is 0 Å². The van der Waals surface area contributed by atoms with Crippen molar-refractivity contribution in [1.82, 2.24) is 25.0 Å². The van der Waals surface area contributed by atoms with Gasteiger partial charge in [-0.3, -0.25) is 9.89 Å². The highest BCUT2D eigenvalue weighted by Gasteiger charge is 2.20. The number of hydrogen-bond acceptors (Lipinski definition) is 5. The molecule has 0 aliphatic rings. The Morgan fingerprint density at radius 2 is 1.97 bits per heavy atom. The van der Waals surface area contributed by atoms with Crippen molar-refractivity contribution in [1.29, 1.82) is 0 Å². The van der Waals surface area contributed by atoms with Crippen LogP contribution in [0.4, 0.5) is 0 Å². The number of fused-ring (bicyclic) bond motifs is 1. The molecule has 30 heavy (non-hydrogen) atoms. The Bertz CT molecular complexity index is 1150. The second-order valence-electron chi connectivity index (χ2n) is 7.71. The number of likely N-dealkylation sites (N-methyl/N-ethyl adjacent to an activating group) is 1. The van der Waals surface area contributed by atoms with Crippen molar-refractivity contribution in [3.8, 4) is 11.1 Å². The number of aromatic amines is 1. The number of aromatic nitrogens is 3. The Morgan fingerprint density at radius 3 is 2.70 bits per heavy atom. The van der Waals surface area contributed by atoms with E-state index in [1.807, 2.05) is 43.4 Å². The second-order valence-corrected chi connectivity index (χ2v) is 8.74. The van der Waals surface area contributed by atoms with Crippen molar-refractivity contribution in [2.45, 2.75) is 13.5 Å². The van der Waals surface area contributed by atoms with Crippen LogP contribution in [0.3, 0.4) is 0 Å². The van der Waals surface area contributed by atoms with Gasteiger partial charge in [0.25, 0.3) is 5.91 Å². The summed E-state index contributed by atoms with van der Waals surface area (Å²) in [4.78, 5) is 22.0. The highest BCUT2D eigenvalue weighted by Crippen LogP contribution is 2.28. The van der Waals surface area contributed by atoms with Gasteiger partial charge >= 0.3 is 0 Å². The first kappa shape index (κ1) is 20.3. The third-order valence-electron chi connectivity index (χ3n) is 4.96. The maximum absolute atomic E-state index is 13.4. The molecule has 154 valence electrons. The van der Waals surface area contributed by atoms with E-state index in [9.17, 15) is 4.79 Å². The van der Waals surface area contributed by atoms with E-state index >= 15 is 0 Å². The van der Waals surface area contributed by atoms with E-state index in [2.05, 4.69) is 51.3 Å². The molecule has 7 heteroatoms. The average Bonchev–Trinajstić information content (AvgIpc) is 3.39. The molecule has 4 aromatic rings. The Hall–Kier alpha value is -3.03. The number of amides is 1. The Balaban J connectivity index is 1.61. The van der Waals surface area contributed by atoms with Crippen LogP contribution in [0.1, 0.15) is 20.9 Å². The van der Waals surface area contributed by atoms with Crippen molar-refractivity contribution in [2.24, 2.45) is 0 Å². The quantitative estimate of drug-likeness (QED) is 0.488. The minimum atomic E-state index is -0.0237. The molecule has 0 bridgehead atoms. The molecule has 0 saturated heterocycles. The number of rotatable bonds is 7. The topological polar surface area (TPSA) is 65.1 Å². The number of nitrogens with one attached hydrogen (secondary N) is 1. The maximum atomic E-state index is 13.4. The number of carbonyl (C=O) groups excluding carboxylic acids is 1. The lowest BCUT2D eigenvalue weighted by Crippen LogP contribution is -2.36. The van der Waals surface area contributed by atoms with Crippen LogP contribution in [-0.2, 0) is 6.54 Å². The smallest absolute Gasteiger partial charge is 0.283 e. The van der Waals surface area contributed by atoms with E-state index in [0.29, 0.717) is 18.1 Å². The van der Waals surface area contributed by atoms with Crippen LogP contribution in [0, 0.1) is 6.92 Å². The Labute approximate surface area is 180 Å². The lowest BCUT2D eigenvalue weighted by atomic mass is 10.1.